The van der Waals surface area contributed by atoms with Crippen LogP contribution < -0.4 is 0 Å². The van der Waals surface area contributed by atoms with Gasteiger partial charge in [0, 0.05) is 11.8 Å². The summed E-state index contributed by atoms with van der Waals surface area (Å²) < 4.78 is 24.9. The van der Waals surface area contributed by atoms with Gasteiger partial charge in [0.05, 0.1) is 17.1 Å². The maximum absolute atomic E-state index is 12.4. The summed E-state index contributed by atoms with van der Waals surface area (Å²) in [6, 6.07) is 1.41. The lowest BCUT2D eigenvalue weighted by molar-refractivity contribution is -0.386. The first-order valence-corrected chi connectivity index (χ1v) is 3.98. The zero-order chi connectivity index (χ0) is 12.3. The highest BCUT2D eigenvalue weighted by molar-refractivity contribution is 5.53. The van der Waals surface area contributed by atoms with Gasteiger partial charge in [-0.3, -0.25) is 10.1 Å². The van der Waals surface area contributed by atoms with Crippen molar-refractivity contribution in [2.24, 2.45) is 0 Å². The zero-order valence-corrected chi connectivity index (χ0v) is 7.72. The SMILES string of the molecule is N#Cc1ncc(C(F)F)c(CO)c1[N+](=O)[O-]. The summed E-state index contributed by atoms with van der Waals surface area (Å²) in [7, 11) is 0. The van der Waals surface area contributed by atoms with Crippen LogP contribution in [-0.2, 0) is 6.61 Å². The van der Waals surface area contributed by atoms with Crippen LogP contribution in [0.4, 0.5) is 14.5 Å². The van der Waals surface area contributed by atoms with Gasteiger partial charge in [0.1, 0.15) is 6.07 Å². The van der Waals surface area contributed by atoms with Crippen LogP contribution in [-0.4, -0.2) is 15.0 Å². The molecule has 84 valence electrons. The van der Waals surface area contributed by atoms with E-state index in [0.29, 0.717) is 6.20 Å². The number of nitrogens with zero attached hydrogens (tertiary/aromatic N) is 3. The second-order valence-electron chi connectivity index (χ2n) is 2.72. The van der Waals surface area contributed by atoms with Gasteiger partial charge in [0.15, 0.2) is 0 Å². The summed E-state index contributed by atoms with van der Waals surface area (Å²) in [5.74, 6) is 0. The molecule has 8 heteroatoms. The molecule has 0 saturated heterocycles. The third-order valence-corrected chi connectivity index (χ3v) is 1.87. The Hall–Kier alpha value is -2.14. The number of halogens is 2. The predicted octanol–water partition coefficient (Wildman–Crippen LogP) is 1.29. The van der Waals surface area contributed by atoms with E-state index in [1.807, 2.05) is 0 Å². The molecule has 0 aliphatic heterocycles. The Morgan fingerprint density at radius 1 is 1.69 bits per heavy atom. The summed E-state index contributed by atoms with van der Waals surface area (Å²) in [6.45, 7) is -0.951. The molecule has 16 heavy (non-hydrogen) atoms. The normalized spacial score (nSPS) is 10.2. The van der Waals surface area contributed by atoms with Gasteiger partial charge < -0.3 is 5.11 Å². The summed E-state index contributed by atoms with van der Waals surface area (Å²) in [6.07, 6.45) is -2.34. The van der Waals surface area contributed by atoms with Crippen LogP contribution in [0.5, 0.6) is 0 Å². The molecule has 0 aliphatic carbocycles. The van der Waals surface area contributed by atoms with E-state index >= 15 is 0 Å². The molecule has 0 bridgehead atoms. The predicted molar refractivity (Wildman–Crippen MR) is 46.5 cm³/mol. The van der Waals surface area contributed by atoms with E-state index in [1.165, 1.54) is 6.07 Å². The first-order chi connectivity index (χ1) is 7.52. The Morgan fingerprint density at radius 3 is 2.69 bits per heavy atom. The number of alkyl halides is 2. The molecule has 0 radical (unpaired) electrons. The monoisotopic (exact) mass is 229 g/mol. The Kier molecular flexibility index (Phi) is 3.42. The van der Waals surface area contributed by atoms with E-state index in [0.717, 1.165) is 0 Å². The summed E-state index contributed by atoms with van der Waals surface area (Å²) in [5.41, 5.74) is -2.79. The fourth-order valence-corrected chi connectivity index (χ4v) is 1.19. The molecule has 0 amide bonds. The van der Waals surface area contributed by atoms with Crippen molar-refractivity contribution in [2.75, 3.05) is 0 Å². The Morgan fingerprint density at radius 2 is 2.31 bits per heavy atom. The number of hydrogen-bond acceptors (Lipinski definition) is 5. The maximum atomic E-state index is 12.4. The Balaban J connectivity index is 3.58. The van der Waals surface area contributed by atoms with Crippen LogP contribution in [0.1, 0.15) is 23.2 Å². The number of nitriles is 1. The van der Waals surface area contributed by atoms with E-state index in [2.05, 4.69) is 4.98 Å². The number of aliphatic hydroxyl groups excluding tert-OH is 1. The van der Waals surface area contributed by atoms with Crippen molar-refractivity contribution in [3.8, 4) is 6.07 Å². The van der Waals surface area contributed by atoms with Crippen molar-refractivity contribution in [3.05, 3.63) is 33.1 Å². The minimum absolute atomic E-state index is 0.577. The molecule has 1 heterocycles. The molecule has 6 nitrogen and oxygen atoms in total. The average Bonchev–Trinajstić information content (AvgIpc) is 2.26. The number of pyridine rings is 1. The van der Waals surface area contributed by atoms with Crippen molar-refractivity contribution in [1.82, 2.24) is 4.98 Å². The molecule has 1 aromatic heterocycles. The molecule has 0 fully saturated rings. The molecule has 0 atom stereocenters. The van der Waals surface area contributed by atoms with Gasteiger partial charge in [0.25, 0.3) is 6.43 Å². The lowest BCUT2D eigenvalue weighted by Crippen LogP contribution is -2.05. The van der Waals surface area contributed by atoms with Crippen molar-refractivity contribution in [1.29, 1.82) is 5.26 Å². The van der Waals surface area contributed by atoms with Crippen molar-refractivity contribution in [3.63, 3.8) is 0 Å². The maximum Gasteiger partial charge on any atom is 0.311 e. The molecule has 1 rings (SSSR count). The van der Waals surface area contributed by atoms with Crippen molar-refractivity contribution < 1.29 is 18.8 Å². The van der Waals surface area contributed by atoms with Crippen LogP contribution in [0.25, 0.3) is 0 Å². The number of hydrogen-bond donors (Lipinski definition) is 1. The lowest BCUT2D eigenvalue weighted by atomic mass is 10.1. The van der Waals surface area contributed by atoms with Crippen molar-refractivity contribution in [2.45, 2.75) is 13.0 Å². The lowest BCUT2D eigenvalue weighted by Gasteiger charge is -2.06. The number of nitro groups is 1. The first kappa shape index (κ1) is 11.9. The zero-order valence-electron chi connectivity index (χ0n) is 7.72. The quantitative estimate of drug-likeness (QED) is 0.621. The van der Waals surface area contributed by atoms with Gasteiger partial charge in [-0.25, -0.2) is 13.8 Å². The molecule has 0 saturated carbocycles. The first-order valence-electron chi connectivity index (χ1n) is 3.98. The third kappa shape index (κ3) is 1.94. The smallest absolute Gasteiger partial charge is 0.311 e. The molecular formula is C8H5F2N3O3. The Labute approximate surface area is 87.9 Å². The van der Waals surface area contributed by atoms with Gasteiger partial charge in [0.2, 0.25) is 5.69 Å². The van der Waals surface area contributed by atoms with Crippen LogP contribution in [0.3, 0.4) is 0 Å². The fourth-order valence-electron chi connectivity index (χ4n) is 1.19. The van der Waals surface area contributed by atoms with Crippen LogP contribution >= 0.6 is 0 Å². The molecular weight excluding hydrogens is 224 g/mol. The molecule has 0 spiro atoms. The highest BCUT2D eigenvalue weighted by Crippen LogP contribution is 2.30. The highest BCUT2D eigenvalue weighted by atomic mass is 19.3. The number of aliphatic hydroxyl groups is 1. The second kappa shape index (κ2) is 4.59. The van der Waals surface area contributed by atoms with Crippen LogP contribution in [0.2, 0.25) is 0 Å². The molecule has 0 aromatic carbocycles. The number of aromatic nitrogens is 1. The van der Waals surface area contributed by atoms with Gasteiger partial charge in [-0.2, -0.15) is 5.26 Å². The van der Waals surface area contributed by atoms with Crippen molar-refractivity contribution >= 4 is 5.69 Å². The molecule has 0 aliphatic rings. The van der Waals surface area contributed by atoms with E-state index in [1.54, 1.807) is 0 Å². The third-order valence-electron chi connectivity index (χ3n) is 1.87. The van der Waals surface area contributed by atoms with Gasteiger partial charge in [-0.05, 0) is 0 Å². The largest absolute Gasteiger partial charge is 0.391 e. The molecule has 1 N–H and O–H groups in total. The van der Waals surface area contributed by atoms with E-state index in [4.69, 9.17) is 10.4 Å². The summed E-state index contributed by atoms with van der Waals surface area (Å²) in [4.78, 5) is 12.8. The topological polar surface area (TPSA) is 100 Å². The van der Waals surface area contributed by atoms with Gasteiger partial charge >= 0.3 is 5.69 Å². The van der Waals surface area contributed by atoms with Gasteiger partial charge in [-0.15, -0.1) is 0 Å². The second-order valence-corrected chi connectivity index (χ2v) is 2.72. The molecule has 0 unspecified atom stereocenters. The van der Waals surface area contributed by atoms with E-state index < -0.39 is 40.5 Å². The van der Waals surface area contributed by atoms with Gasteiger partial charge in [-0.1, -0.05) is 0 Å². The standard InChI is InChI=1S/C8H5F2N3O3/c9-8(10)4-2-12-6(1-11)7(13(15)16)5(4)3-14/h2,8,14H,3H2. The minimum Gasteiger partial charge on any atom is -0.391 e. The van der Waals surface area contributed by atoms with E-state index in [-0.39, 0.29) is 0 Å². The minimum atomic E-state index is -3.00. The van der Waals surface area contributed by atoms with Crippen LogP contribution in [0.15, 0.2) is 6.20 Å². The Bertz CT molecular complexity index is 470. The summed E-state index contributed by atoms with van der Waals surface area (Å²) in [5, 5.41) is 28.0. The highest BCUT2D eigenvalue weighted by Gasteiger charge is 2.27. The number of rotatable bonds is 3. The fraction of sp³-hybridized carbons (Fsp3) is 0.250. The average molecular weight is 229 g/mol. The van der Waals surface area contributed by atoms with Crippen LogP contribution in [0, 0.1) is 21.4 Å². The van der Waals surface area contributed by atoms with E-state index in [9.17, 15) is 18.9 Å². The molecule has 1 aromatic rings. The summed E-state index contributed by atoms with van der Waals surface area (Å²) >= 11 is 0.